The number of halogens is 3. The Hall–Kier alpha value is -1.29. The molecular formula is C24H34ClF2N3O3S. The van der Waals surface area contributed by atoms with Crippen LogP contribution in [-0.2, 0) is 10.0 Å². The lowest BCUT2D eigenvalue weighted by atomic mass is 9.71. The van der Waals surface area contributed by atoms with Gasteiger partial charge in [-0.2, -0.15) is 4.31 Å². The van der Waals surface area contributed by atoms with Gasteiger partial charge in [0.25, 0.3) is 11.8 Å². The van der Waals surface area contributed by atoms with Crippen LogP contribution in [0.3, 0.4) is 0 Å². The number of hydrogen-bond acceptors (Lipinski definition) is 4. The Bertz CT molecular complexity index is 969. The molecule has 1 aromatic rings. The molecule has 0 bridgehead atoms. The lowest BCUT2D eigenvalue weighted by molar-refractivity contribution is -0.0951. The van der Waals surface area contributed by atoms with Crippen molar-refractivity contribution in [2.24, 2.45) is 5.92 Å². The molecule has 1 saturated heterocycles. The summed E-state index contributed by atoms with van der Waals surface area (Å²) >= 11 is 6.28. The van der Waals surface area contributed by atoms with Crippen molar-refractivity contribution in [3.05, 3.63) is 35.9 Å². The van der Waals surface area contributed by atoms with Crippen molar-refractivity contribution in [3.63, 3.8) is 0 Å². The second-order valence-corrected chi connectivity index (χ2v) is 12.5. The molecule has 2 saturated carbocycles. The first-order valence-corrected chi connectivity index (χ1v) is 14.2. The van der Waals surface area contributed by atoms with Crippen LogP contribution in [0.1, 0.15) is 55.8 Å². The summed E-state index contributed by atoms with van der Waals surface area (Å²) in [5.74, 6) is -2.88. The Morgan fingerprint density at radius 2 is 1.79 bits per heavy atom. The van der Waals surface area contributed by atoms with E-state index in [4.69, 9.17) is 11.6 Å². The van der Waals surface area contributed by atoms with Gasteiger partial charge in [-0.15, -0.1) is 11.6 Å². The molecule has 4 rings (SSSR count). The minimum absolute atomic E-state index is 0.0551. The van der Waals surface area contributed by atoms with Crippen LogP contribution in [0.5, 0.6) is 0 Å². The fraction of sp³-hybridized carbons (Fsp3) is 0.708. The van der Waals surface area contributed by atoms with E-state index in [9.17, 15) is 22.0 Å². The predicted octanol–water partition coefficient (Wildman–Crippen LogP) is 3.72. The highest BCUT2D eigenvalue weighted by molar-refractivity contribution is 7.89. The molecule has 1 N–H and O–H groups in total. The van der Waals surface area contributed by atoms with Crippen LogP contribution >= 0.6 is 11.6 Å². The Kier molecular flexibility index (Phi) is 7.58. The molecule has 34 heavy (non-hydrogen) atoms. The number of piperazine rings is 1. The van der Waals surface area contributed by atoms with E-state index in [1.165, 1.54) is 4.31 Å². The summed E-state index contributed by atoms with van der Waals surface area (Å²) in [6.45, 7) is 3.33. The summed E-state index contributed by atoms with van der Waals surface area (Å²) in [6.07, 6.45) is 2.32. The highest BCUT2D eigenvalue weighted by Crippen LogP contribution is 2.50. The number of carbonyl (C=O) groups excluding carboxylic acids is 1. The van der Waals surface area contributed by atoms with E-state index < -0.39 is 26.9 Å². The van der Waals surface area contributed by atoms with E-state index in [0.717, 1.165) is 12.8 Å². The molecule has 2 aliphatic carbocycles. The standard InChI is InChI=1S/C24H34ClF2N3O3S/c1-2-16-34(32,33)30-14-12-29(13-15-30)23(10-11-24(26,27)20(25)17-23)21(18-8-9-18)28-22(31)19-6-4-3-5-7-19/h3-7,18,20-21H,2,8-17H2,1H3,(H,28,31). The first kappa shape index (κ1) is 25.8. The van der Waals surface area contributed by atoms with Crippen molar-refractivity contribution in [3.8, 4) is 0 Å². The minimum atomic E-state index is -3.33. The molecular weight excluding hydrogens is 484 g/mol. The minimum Gasteiger partial charge on any atom is -0.347 e. The lowest BCUT2D eigenvalue weighted by Gasteiger charge is -2.55. The molecule has 3 unspecified atom stereocenters. The van der Waals surface area contributed by atoms with Crippen LogP contribution in [0.4, 0.5) is 8.78 Å². The maximum absolute atomic E-state index is 14.5. The molecule has 10 heteroatoms. The third-order valence-electron chi connectivity index (χ3n) is 7.60. The summed E-state index contributed by atoms with van der Waals surface area (Å²) < 4.78 is 55.6. The van der Waals surface area contributed by atoms with Crippen molar-refractivity contribution in [2.45, 2.75) is 68.3 Å². The van der Waals surface area contributed by atoms with Gasteiger partial charge in [0.05, 0.1) is 17.2 Å². The summed E-state index contributed by atoms with van der Waals surface area (Å²) in [5, 5.41) is 1.86. The van der Waals surface area contributed by atoms with Gasteiger partial charge in [0, 0.05) is 43.7 Å². The van der Waals surface area contributed by atoms with Gasteiger partial charge in [-0.1, -0.05) is 25.1 Å². The maximum atomic E-state index is 14.5. The van der Waals surface area contributed by atoms with Crippen LogP contribution in [0, 0.1) is 5.92 Å². The Morgan fingerprint density at radius 3 is 2.35 bits per heavy atom. The smallest absolute Gasteiger partial charge is 0.264 e. The number of nitrogens with one attached hydrogen (secondary N) is 1. The molecule has 0 radical (unpaired) electrons. The Morgan fingerprint density at radius 1 is 1.15 bits per heavy atom. The van der Waals surface area contributed by atoms with E-state index in [-0.39, 0.29) is 42.9 Å². The second kappa shape index (κ2) is 9.99. The molecule has 1 aliphatic heterocycles. The molecule has 190 valence electrons. The number of alkyl halides is 3. The zero-order valence-electron chi connectivity index (χ0n) is 19.6. The predicted molar refractivity (Wildman–Crippen MR) is 129 cm³/mol. The van der Waals surface area contributed by atoms with Crippen molar-refractivity contribution < 1.29 is 22.0 Å². The van der Waals surface area contributed by atoms with Crippen LogP contribution in [0.15, 0.2) is 30.3 Å². The fourth-order valence-corrected chi connectivity index (χ4v) is 7.47. The number of benzene rings is 1. The van der Waals surface area contributed by atoms with Gasteiger partial charge in [-0.3, -0.25) is 9.69 Å². The molecule has 1 amide bonds. The first-order valence-electron chi connectivity index (χ1n) is 12.2. The van der Waals surface area contributed by atoms with Gasteiger partial charge in [-0.25, -0.2) is 17.2 Å². The number of nitrogens with zero attached hydrogens (tertiary/aromatic N) is 2. The van der Waals surface area contributed by atoms with E-state index in [2.05, 4.69) is 10.2 Å². The van der Waals surface area contributed by atoms with E-state index >= 15 is 0 Å². The summed E-state index contributed by atoms with van der Waals surface area (Å²) in [6, 6.07) is 8.58. The second-order valence-electron chi connectivity index (χ2n) is 9.89. The topological polar surface area (TPSA) is 69.7 Å². The van der Waals surface area contributed by atoms with Gasteiger partial charge in [0.2, 0.25) is 10.0 Å². The average molecular weight is 518 g/mol. The van der Waals surface area contributed by atoms with Gasteiger partial charge < -0.3 is 5.32 Å². The van der Waals surface area contributed by atoms with E-state index in [0.29, 0.717) is 38.2 Å². The molecule has 6 nitrogen and oxygen atoms in total. The summed E-state index contributed by atoms with van der Waals surface area (Å²) in [4.78, 5) is 15.3. The van der Waals surface area contributed by atoms with Crippen molar-refractivity contribution >= 4 is 27.5 Å². The third kappa shape index (κ3) is 5.27. The molecule has 3 atom stereocenters. The van der Waals surface area contributed by atoms with Gasteiger partial charge in [0.15, 0.2) is 0 Å². The van der Waals surface area contributed by atoms with Crippen LogP contribution in [0.25, 0.3) is 0 Å². The third-order valence-corrected chi connectivity index (χ3v) is 10.2. The largest absolute Gasteiger partial charge is 0.347 e. The fourth-order valence-electron chi connectivity index (χ4n) is 5.60. The van der Waals surface area contributed by atoms with E-state index in [1.54, 1.807) is 24.3 Å². The average Bonchev–Trinajstić information content (AvgIpc) is 3.65. The van der Waals surface area contributed by atoms with E-state index in [1.807, 2.05) is 13.0 Å². The highest BCUT2D eigenvalue weighted by Gasteiger charge is 2.58. The van der Waals surface area contributed by atoms with Crippen LogP contribution in [-0.4, -0.2) is 78.3 Å². The normalized spacial score (nSPS) is 29.5. The number of rotatable bonds is 8. The van der Waals surface area contributed by atoms with Crippen molar-refractivity contribution in [2.75, 3.05) is 31.9 Å². The molecule has 3 fully saturated rings. The summed E-state index contributed by atoms with van der Waals surface area (Å²) in [7, 11) is -3.33. The molecule has 1 aromatic carbocycles. The lowest BCUT2D eigenvalue weighted by Crippen LogP contribution is -2.70. The SMILES string of the molecule is CCCS(=O)(=O)N1CCN(C2(C(NC(=O)c3ccccc3)C3CC3)CCC(F)(F)C(Cl)C2)CC1. The molecule has 0 aromatic heterocycles. The quantitative estimate of drug-likeness (QED) is 0.534. The van der Waals surface area contributed by atoms with Gasteiger partial charge in [-0.05, 0) is 50.2 Å². The van der Waals surface area contributed by atoms with Gasteiger partial charge >= 0.3 is 0 Å². The molecule has 3 aliphatic rings. The highest BCUT2D eigenvalue weighted by atomic mass is 35.5. The summed E-state index contributed by atoms with van der Waals surface area (Å²) in [5.41, 5.74) is -0.206. The maximum Gasteiger partial charge on any atom is 0.264 e. The number of sulfonamides is 1. The molecule has 1 heterocycles. The number of amides is 1. The first-order chi connectivity index (χ1) is 16.1. The Labute approximate surface area is 206 Å². The van der Waals surface area contributed by atoms with Crippen LogP contribution in [0.2, 0.25) is 0 Å². The monoisotopic (exact) mass is 517 g/mol. The van der Waals surface area contributed by atoms with Crippen LogP contribution < -0.4 is 5.32 Å². The van der Waals surface area contributed by atoms with Gasteiger partial charge in [0.1, 0.15) is 0 Å². The number of hydrogen-bond donors (Lipinski definition) is 1. The molecule has 0 spiro atoms. The zero-order valence-corrected chi connectivity index (χ0v) is 21.1. The van der Waals surface area contributed by atoms with Crippen molar-refractivity contribution in [1.29, 1.82) is 0 Å². The Balaban J connectivity index is 1.60. The van der Waals surface area contributed by atoms with Crippen molar-refractivity contribution in [1.82, 2.24) is 14.5 Å². The zero-order chi connectivity index (χ0) is 24.6. The number of carbonyl (C=O) groups is 1.